The van der Waals surface area contributed by atoms with Crippen LogP contribution in [0.4, 0.5) is 8.78 Å². The number of amides is 1. The zero-order chi connectivity index (χ0) is 13.7. The molecule has 0 bridgehead atoms. The third-order valence-electron chi connectivity index (χ3n) is 3.38. The van der Waals surface area contributed by atoms with Gasteiger partial charge >= 0.3 is 6.43 Å². The van der Waals surface area contributed by atoms with Crippen LogP contribution in [0.15, 0.2) is 30.3 Å². The highest BCUT2D eigenvalue weighted by molar-refractivity contribution is 5.79. The Morgan fingerprint density at radius 2 is 1.89 bits per heavy atom. The molecule has 1 N–H and O–H groups in total. The van der Waals surface area contributed by atoms with Crippen molar-refractivity contribution in [3.63, 3.8) is 0 Å². The molecule has 19 heavy (non-hydrogen) atoms. The van der Waals surface area contributed by atoms with Gasteiger partial charge in [0.1, 0.15) is 0 Å². The van der Waals surface area contributed by atoms with Gasteiger partial charge in [-0.1, -0.05) is 30.3 Å². The molecule has 1 aliphatic heterocycles. The summed E-state index contributed by atoms with van der Waals surface area (Å²) in [5.74, 6) is -1.15. The van der Waals surface area contributed by atoms with Crippen LogP contribution in [0.2, 0.25) is 0 Å². The summed E-state index contributed by atoms with van der Waals surface area (Å²) in [5, 5.41) is 2.39. The summed E-state index contributed by atoms with van der Waals surface area (Å²) < 4.78 is 24.3. The van der Waals surface area contributed by atoms with Gasteiger partial charge in [0.2, 0.25) is 0 Å². The van der Waals surface area contributed by atoms with Crippen LogP contribution in [-0.4, -0.2) is 36.4 Å². The zero-order valence-electron chi connectivity index (χ0n) is 10.7. The SMILES string of the molecule is O=C(NC1CCN(Cc2ccccc2)CC1)C(F)F. The highest BCUT2D eigenvalue weighted by Crippen LogP contribution is 2.14. The Balaban J connectivity index is 1.75. The number of hydrogen-bond acceptors (Lipinski definition) is 2. The lowest BCUT2D eigenvalue weighted by Crippen LogP contribution is -2.46. The van der Waals surface area contributed by atoms with Crippen LogP contribution in [0.1, 0.15) is 18.4 Å². The third-order valence-corrected chi connectivity index (χ3v) is 3.38. The van der Waals surface area contributed by atoms with Crippen LogP contribution >= 0.6 is 0 Å². The second kappa shape index (κ2) is 6.61. The summed E-state index contributed by atoms with van der Waals surface area (Å²) in [6, 6.07) is 10.0. The van der Waals surface area contributed by atoms with Crippen molar-refractivity contribution in [2.75, 3.05) is 13.1 Å². The van der Waals surface area contributed by atoms with Crippen molar-refractivity contribution < 1.29 is 13.6 Å². The molecule has 0 aliphatic carbocycles. The number of hydrogen-bond donors (Lipinski definition) is 1. The maximum absolute atomic E-state index is 12.1. The Kier molecular flexibility index (Phi) is 4.85. The smallest absolute Gasteiger partial charge is 0.315 e. The number of rotatable bonds is 4. The Labute approximate surface area is 111 Å². The topological polar surface area (TPSA) is 32.3 Å². The van der Waals surface area contributed by atoms with Gasteiger partial charge in [-0.3, -0.25) is 9.69 Å². The lowest BCUT2D eigenvalue weighted by molar-refractivity contribution is -0.132. The summed E-state index contributed by atoms with van der Waals surface area (Å²) >= 11 is 0. The molecule has 2 rings (SSSR count). The van der Waals surface area contributed by atoms with Crippen molar-refractivity contribution in [3.05, 3.63) is 35.9 Å². The van der Waals surface area contributed by atoms with Gasteiger partial charge in [-0.2, -0.15) is 8.78 Å². The maximum atomic E-state index is 12.1. The van der Waals surface area contributed by atoms with Crippen molar-refractivity contribution in [2.24, 2.45) is 0 Å². The quantitative estimate of drug-likeness (QED) is 0.906. The highest BCUT2D eigenvalue weighted by atomic mass is 19.3. The standard InChI is InChI=1S/C14H18F2N2O/c15-13(16)14(19)17-12-6-8-18(9-7-12)10-11-4-2-1-3-5-11/h1-5,12-13H,6-10H2,(H,17,19). The molecule has 0 radical (unpaired) electrons. The molecule has 0 saturated carbocycles. The number of benzene rings is 1. The Morgan fingerprint density at radius 1 is 1.26 bits per heavy atom. The first-order chi connectivity index (χ1) is 9.15. The molecule has 3 nitrogen and oxygen atoms in total. The normalized spacial score (nSPS) is 17.6. The van der Waals surface area contributed by atoms with E-state index in [0.29, 0.717) is 0 Å². The van der Waals surface area contributed by atoms with Crippen molar-refractivity contribution in [1.82, 2.24) is 10.2 Å². The predicted octanol–water partition coefficient (Wildman–Crippen LogP) is 2.03. The average molecular weight is 268 g/mol. The molecule has 104 valence electrons. The number of piperidine rings is 1. The van der Waals surface area contributed by atoms with Gasteiger partial charge in [0.15, 0.2) is 0 Å². The van der Waals surface area contributed by atoms with E-state index >= 15 is 0 Å². The molecule has 1 aliphatic rings. The fourth-order valence-corrected chi connectivity index (χ4v) is 2.34. The summed E-state index contributed by atoms with van der Waals surface area (Å²) in [5.41, 5.74) is 1.25. The molecule has 0 atom stereocenters. The first kappa shape index (κ1) is 13.9. The van der Waals surface area contributed by atoms with Crippen LogP contribution in [0.25, 0.3) is 0 Å². The van der Waals surface area contributed by atoms with E-state index in [2.05, 4.69) is 22.3 Å². The number of halogens is 2. The Bertz CT molecular complexity index is 403. The van der Waals surface area contributed by atoms with Crippen molar-refractivity contribution in [2.45, 2.75) is 31.9 Å². The van der Waals surface area contributed by atoms with Crippen molar-refractivity contribution in [3.8, 4) is 0 Å². The van der Waals surface area contributed by atoms with Gasteiger partial charge in [-0.15, -0.1) is 0 Å². The Morgan fingerprint density at radius 3 is 2.47 bits per heavy atom. The average Bonchev–Trinajstić information content (AvgIpc) is 2.42. The first-order valence-electron chi connectivity index (χ1n) is 6.50. The minimum Gasteiger partial charge on any atom is -0.348 e. The largest absolute Gasteiger partial charge is 0.348 e. The number of likely N-dealkylation sites (tertiary alicyclic amines) is 1. The molecule has 1 amide bonds. The van der Waals surface area contributed by atoms with E-state index in [1.54, 1.807) is 0 Å². The molecule has 1 heterocycles. The van der Waals surface area contributed by atoms with Crippen LogP contribution in [0.5, 0.6) is 0 Å². The lowest BCUT2D eigenvalue weighted by atomic mass is 10.0. The summed E-state index contributed by atoms with van der Waals surface area (Å²) in [6.45, 7) is 2.52. The van der Waals surface area contributed by atoms with Gasteiger partial charge < -0.3 is 5.32 Å². The number of nitrogens with zero attached hydrogens (tertiary/aromatic N) is 1. The van der Waals surface area contributed by atoms with Crippen LogP contribution in [0, 0.1) is 0 Å². The first-order valence-corrected chi connectivity index (χ1v) is 6.50. The number of nitrogens with one attached hydrogen (secondary N) is 1. The molecule has 0 spiro atoms. The molecule has 1 aromatic carbocycles. The number of carbonyl (C=O) groups is 1. The van der Waals surface area contributed by atoms with Gasteiger partial charge in [-0.25, -0.2) is 0 Å². The molecule has 1 saturated heterocycles. The number of carbonyl (C=O) groups excluding carboxylic acids is 1. The molecule has 0 aromatic heterocycles. The van der Waals surface area contributed by atoms with Crippen LogP contribution in [0.3, 0.4) is 0 Å². The van der Waals surface area contributed by atoms with Crippen molar-refractivity contribution >= 4 is 5.91 Å². The second-order valence-corrected chi connectivity index (χ2v) is 4.85. The molecule has 5 heteroatoms. The monoisotopic (exact) mass is 268 g/mol. The Hall–Kier alpha value is -1.49. The van der Waals surface area contributed by atoms with Crippen LogP contribution < -0.4 is 5.32 Å². The van der Waals surface area contributed by atoms with E-state index in [1.807, 2.05) is 18.2 Å². The maximum Gasteiger partial charge on any atom is 0.315 e. The van der Waals surface area contributed by atoms with E-state index < -0.39 is 12.3 Å². The second-order valence-electron chi connectivity index (χ2n) is 4.85. The highest BCUT2D eigenvalue weighted by Gasteiger charge is 2.23. The fourth-order valence-electron chi connectivity index (χ4n) is 2.34. The van der Waals surface area contributed by atoms with E-state index in [1.165, 1.54) is 5.56 Å². The minimum absolute atomic E-state index is 0.117. The van der Waals surface area contributed by atoms with E-state index in [9.17, 15) is 13.6 Å². The van der Waals surface area contributed by atoms with Gasteiger partial charge in [-0.05, 0) is 18.4 Å². The third kappa shape index (κ3) is 4.28. The van der Waals surface area contributed by atoms with Crippen molar-refractivity contribution in [1.29, 1.82) is 0 Å². The minimum atomic E-state index is -2.91. The number of alkyl halides is 2. The molecular weight excluding hydrogens is 250 g/mol. The van der Waals surface area contributed by atoms with Gasteiger partial charge in [0.25, 0.3) is 5.91 Å². The summed E-state index contributed by atoms with van der Waals surface area (Å²) in [4.78, 5) is 13.2. The van der Waals surface area contributed by atoms with E-state index in [4.69, 9.17) is 0 Å². The lowest BCUT2D eigenvalue weighted by Gasteiger charge is -2.32. The summed E-state index contributed by atoms with van der Waals surface area (Å²) in [6.07, 6.45) is -1.46. The molecule has 1 aromatic rings. The predicted molar refractivity (Wildman–Crippen MR) is 68.9 cm³/mol. The molecular formula is C14H18F2N2O. The van der Waals surface area contributed by atoms with Gasteiger partial charge in [0, 0.05) is 25.7 Å². The fraction of sp³-hybridized carbons (Fsp3) is 0.500. The molecule has 1 fully saturated rings. The van der Waals surface area contributed by atoms with Crippen LogP contribution in [-0.2, 0) is 11.3 Å². The molecule has 0 unspecified atom stereocenters. The van der Waals surface area contributed by atoms with Gasteiger partial charge in [0.05, 0.1) is 0 Å². The zero-order valence-corrected chi connectivity index (χ0v) is 10.7. The van der Waals surface area contributed by atoms with E-state index in [0.717, 1.165) is 32.5 Å². The summed E-state index contributed by atoms with van der Waals surface area (Å²) in [7, 11) is 0. The van der Waals surface area contributed by atoms with E-state index in [-0.39, 0.29) is 6.04 Å².